The van der Waals surface area contributed by atoms with Gasteiger partial charge in [-0.05, 0) is 24.1 Å². The summed E-state index contributed by atoms with van der Waals surface area (Å²) >= 11 is 12.1. The van der Waals surface area contributed by atoms with Gasteiger partial charge in [-0.3, -0.25) is 4.68 Å². The second-order valence-corrected chi connectivity index (χ2v) is 4.98. The van der Waals surface area contributed by atoms with Crippen molar-refractivity contribution in [3.63, 3.8) is 0 Å². The fourth-order valence-corrected chi connectivity index (χ4v) is 2.39. The van der Waals surface area contributed by atoms with Crippen LogP contribution < -0.4 is 5.73 Å². The van der Waals surface area contributed by atoms with Gasteiger partial charge in [-0.2, -0.15) is 5.10 Å². The van der Waals surface area contributed by atoms with Gasteiger partial charge in [0, 0.05) is 11.6 Å². The van der Waals surface area contributed by atoms with Crippen molar-refractivity contribution in [1.82, 2.24) is 9.78 Å². The highest BCUT2D eigenvalue weighted by atomic mass is 35.5. The van der Waals surface area contributed by atoms with E-state index in [1.54, 1.807) is 6.20 Å². The third-order valence-electron chi connectivity index (χ3n) is 2.77. The van der Waals surface area contributed by atoms with Crippen LogP contribution >= 0.6 is 23.2 Å². The van der Waals surface area contributed by atoms with Gasteiger partial charge in [0.2, 0.25) is 0 Å². The van der Waals surface area contributed by atoms with Crippen molar-refractivity contribution < 1.29 is 0 Å². The number of hydrogen-bond donors (Lipinski definition) is 1. The minimum absolute atomic E-state index is 0.315. The molecule has 1 aromatic carbocycles. The maximum absolute atomic E-state index is 6.26. The normalized spacial score (nSPS) is 12.7. The van der Waals surface area contributed by atoms with Gasteiger partial charge in [-0.15, -0.1) is 0 Å². The molecule has 2 rings (SSSR count). The molecule has 18 heavy (non-hydrogen) atoms. The summed E-state index contributed by atoms with van der Waals surface area (Å²) in [4.78, 5) is 0. The first kappa shape index (κ1) is 13.4. The minimum Gasteiger partial charge on any atom is -0.319 e. The van der Waals surface area contributed by atoms with Gasteiger partial charge in [0.25, 0.3) is 0 Å². The SMILES string of the molecule is CCCn1ncc(Cl)c1C(N)c1cccc(Cl)c1. The molecule has 2 aromatic rings. The largest absolute Gasteiger partial charge is 0.319 e. The molecule has 0 aliphatic heterocycles. The van der Waals surface area contributed by atoms with Gasteiger partial charge in [0.05, 0.1) is 23.0 Å². The summed E-state index contributed by atoms with van der Waals surface area (Å²) in [6.45, 7) is 2.89. The monoisotopic (exact) mass is 283 g/mol. The van der Waals surface area contributed by atoms with Gasteiger partial charge < -0.3 is 5.73 Å². The van der Waals surface area contributed by atoms with E-state index in [2.05, 4.69) is 12.0 Å². The van der Waals surface area contributed by atoms with Crippen molar-refractivity contribution >= 4 is 23.2 Å². The lowest BCUT2D eigenvalue weighted by atomic mass is 10.0. The Morgan fingerprint density at radius 3 is 2.83 bits per heavy atom. The van der Waals surface area contributed by atoms with E-state index in [-0.39, 0.29) is 6.04 Å². The Morgan fingerprint density at radius 1 is 1.39 bits per heavy atom. The Kier molecular flexibility index (Phi) is 4.27. The number of hydrogen-bond acceptors (Lipinski definition) is 2. The highest BCUT2D eigenvalue weighted by Gasteiger charge is 2.18. The third kappa shape index (κ3) is 2.69. The van der Waals surface area contributed by atoms with Gasteiger partial charge in [0.1, 0.15) is 0 Å². The molecule has 0 amide bonds. The number of rotatable bonds is 4. The average molecular weight is 284 g/mol. The van der Waals surface area contributed by atoms with E-state index in [0.717, 1.165) is 24.2 Å². The van der Waals surface area contributed by atoms with Crippen LogP contribution in [0.4, 0.5) is 0 Å². The van der Waals surface area contributed by atoms with Crippen LogP contribution in [0.15, 0.2) is 30.5 Å². The highest BCUT2D eigenvalue weighted by molar-refractivity contribution is 6.31. The maximum Gasteiger partial charge on any atom is 0.0837 e. The van der Waals surface area contributed by atoms with Gasteiger partial charge in [0.15, 0.2) is 0 Å². The van der Waals surface area contributed by atoms with Crippen molar-refractivity contribution in [1.29, 1.82) is 0 Å². The summed E-state index contributed by atoms with van der Waals surface area (Å²) in [5.74, 6) is 0. The van der Waals surface area contributed by atoms with Crippen molar-refractivity contribution in [3.8, 4) is 0 Å². The molecular formula is C13H15Cl2N3. The predicted octanol–water partition coefficient (Wildman–Crippen LogP) is 3.65. The molecule has 1 aromatic heterocycles. The van der Waals surface area contributed by atoms with E-state index in [1.165, 1.54) is 0 Å². The second-order valence-electron chi connectivity index (χ2n) is 4.13. The molecule has 1 atom stereocenters. The van der Waals surface area contributed by atoms with E-state index in [9.17, 15) is 0 Å². The zero-order chi connectivity index (χ0) is 13.1. The molecule has 1 unspecified atom stereocenters. The van der Waals surface area contributed by atoms with Crippen LogP contribution in [0.5, 0.6) is 0 Å². The van der Waals surface area contributed by atoms with E-state index >= 15 is 0 Å². The third-order valence-corrected chi connectivity index (χ3v) is 3.30. The number of benzene rings is 1. The highest BCUT2D eigenvalue weighted by Crippen LogP contribution is 2.27. The fraction of sp³-hybridized carbons (Fsp3) is 0.308. The molecule has 0 radical (unpaired) electrons. The molecule has 0 aliphatic rings. The molecular weight excluding hydrogens is 269 g/mol. The standard InChI is InChI=1S/C13H15Cl2N3/c1-2-6-18-13(11(15)8-17-18)12(16)9-4-3-5-10(14)7-9/h3-5,7-8,12H,2,6,16H2,1H3. The Hall–Kier alpha value is -1.03. The molecule has 0 saturated heterocycles. The minimum atomic E-state index is -0.315. The van der Waals surface area contributed by atoms with Crippen LogP contribution in [-0.4, -0.2) is 9.78 Å². The summed E-state index contributed by atoms with van der Waals surface area (Å²) in [6.07, 6.45) is 2.62. The van der Waals surface area contributed by atoms with E-state index in [1.807, 2.05) is 28.9 Å². The zero-order valence-electron chi connectivity index (χ0n) is 10.1. The second kappa shape index (κ2) is 5.74. The Bertz CT molecular complexity index is 537. The van der Waals surface area contributed by atoms with Crippen molar-refractivity contribution in [3.05, 3.63) is 51.8 Å². The molecule has 1 heterocycles. The Balaban J connectivity index is 2.39. The molecule has 0 aliphatic carbocycles. The Morgan fingerprint density at radius 2 is 2.17 bits per heavy atom. The summed E-state index contributed by atoms with van der Waals surface area (Å²) in [5.41, 5.74) is 8.02. The lowest BCUT2D eigenvalue weighted by molar-refractivity contribution is 0.560. The lowest BCUT2D eigenvalue weighted by Gasteiger charge is -2.15. The first-order chi connectivity index (χ1) is 8.63. The maximum atomic E-state index is 6.26. The molecule has 5 heteroatoms. The summed E-state index contributed by atoms with van der Waals surface area (Å²) in [6, 6.07) is 7.18. The predicted molar refractivity (Wildman–Crippen MR) is 75.0 cm³/mol. The summed E-state index contributed by atoms with van der Waals surface area (Å²) in [7, 11) is 0. The van der Waals surface area contributed by atoms with Gasteiger partial charge in [-0.1, -0.05) is 42.3 Å². The zero-order valence-corrected chi connectivity index (χ0v) is 11.6. The van der Waals surface area contributed by atoms with Crippen LogP contribution in [0.2, 0.25) is 10.0 Å². The molecule has 2 N–H and O–H groups in total. The van der Waals surface area contributed by atoms with Crippen molar-refractivity contribution in [2.24, 2.45) is 5.73 Å². The van der Waals surface area contributed by atoms with Crippen LogP contribution in [0.25, 0.3) is 0 Å². The molecule has 0 fully saturated rings. The smallest absolute Gasteiger partial charge is 0.0837 e. The van der Waals surface area contributed by atoms with Gasteiger partial charge >= 0.3 is 0 Å². The number of halogens is 2. The van der Waals surface area contributed by atoms with Gasteiger partial charge in [-0.25, -0.2) is 0 Å². The average Bonchev–Trinajstić information content (AvgIpc) is 2.70. The van der Waals surface area contributed by atoms with Crippen LogP contribution in [0.1, 0.15) is 30.6 Å². The fourth-order valence-electron chi connectivity index (χ4n) is 1.93. The number of aromatic nitrogens is 2. The first-order valence-corrected chi connectivity index (χ1v) is 6.61. The quantitative estimate of drug-likeness (QED) is 0.931. The van der Waals surface area contributed by atoms with E-state index < -0.39 is 0 Å². The Labute approximate surface area is 117 Å². The van der Waals surface area contributed by atoms with E-state index in [0.29, 0.717) is 10.0 Å². The van der Waals surface area contributed by atoms with Crippen LogP contribution in [0.3, 0.4) is 0 Å². The van der Waals surface area contributed by atoms with Crippen molar-refractivity contribution in [2.45, 2.75) is 25.9 Å². The lowest BCUT2D eigenvalue weighted by Crippen LogP contribution is -2.18. The number of nitrogens with zero attached hydrogens (tertiary/aromatic N) is 2. The van der Waals surface area contributed by atoms with Crippen LogP contribution in [0, 0.1) is 0 Å². The molecule has 0 saturated carbocycles. The summed E-state index contributed by atoms with van der Waals surface area (Å²) < 4.78 is 1.86. The molecule has 0 spiro atoms. The molecule has 96 valence electrons. The summed E-state index contributed by atoms with van der Waals surface area (Å²) in [5, 5.41) is 5.51. The topological polar surface area (TPSA) is 43.8 Å². The van der Waals surface area contributed by atoms with Crippen molar-refractivity contribution in [2.75, 3.05) is 0 Å². The van der Waals surface area contributed by atoms with Crippen LogP contribution in [-0.2, 0) is 6.54 Å². The number of nitrogens with two attached hydrogens (primary N) is 1. The molecule has 3 nitrogen and oxygen atoms in total. The first-order valence-electron chi connectivity index (χ1n) is 5.85. The number of aryl methyl sites for hydroxylation is 1. The van der Waals surface area contributed by atoms with E-state index in [4.69, 9.17) is 28.9 Å². The molecule has 0 bridgehead atoms.